The van der Waals surface area contributed by atoms with Gasteiger partial charge in [0.1, 0.15) is 39.2 Å². The average Bonchev–Trinajstić information content (AvgIpc) is 1.93. The molecule has 0 aliphatic carbocycles. The van der Waals surface area contributed by atoms with Crippen molar-refractivity contribution in [3.8, 4) is 0 Å². The van der Waals surface area contributed by atoms with Gasteiger partial charge in [0.2, 0.25) is 0 Å². The maximum atomic E-state index is 2.68. The molecule has 1 rings (SSSR count). The van der Waals surface area contributed by atoms with E-state index in [9.17, 15) is 0 Å². The van der Waals surface area contributed by atoms with Crippen LogP contribution in [0.5, 0.6) is 0 Å². The first-order valence-electron chi connectivity index (χ1n) is 5.78. The minimum absolute atomic E-state index is 0.274. The summed E-state index contributed by atoms with van der Waals surface area (Å²) in [5.74, 6) is 0.664. The van der Waals surface area contributed by atoms with Gasteiger partial charge in [0.15, 0.2) is 0 Å². The predicted molar refractivity (Wildman–Crippen MR) is 78.1 cm³/mol. The Labute approximate surface area is 93.8 Å². The van der Waals surface area contributed by atoms with E-state index in [2.05, 4.69) is 64.9 Å². The van der Waals surface area contributed by atoms with E-state index in [1.807, 2.05) is 0 Å². The smallest absolute Gasteiger partial charge is 0.122 e. The van der Waals surface area contributed by atoms with Crippen molar-refractivity contribution in [3.05, 3.63) is 0 Å². The lowest BCUT2D eigenvalue weighted by Gasteiger charge is -2.46. The monoisotopic (exact) mass is 187 g/mol. The fraction of sp³-hybridized carbons (Fsp3) is 1.00. The number of nitrogens with zero attached hydrogens (tertiary/aromatic N) is 1. The van der Waals surface area contributed by atoms with Crippen LogP contribution in [0.2, 0.25) is 5.21 Å². The molecule has 0 amide bonds. The molecular weight excluding hydrogens is 164 g/mol. The summed E-state index contributed by atoms with van der Waals surface area (Å²) in [6.07, 6.45) is 1.29. The molecule has 1 saturated heterocycles. The first-order valence-corrected chi connectivity index (χ1v) is 5.78. The third-order valence-corrected chi connectivity index (χ3v) is 3.78. The molecule has 1 atom stereocenters. The van der Waals surface area contributed by atoms with E-state index in [-0.39, 0.29) is 5.54 Å². The summed E-state index contributed by atoms with van der Waals surface area (Å²) in [5, 5.41) is 0.776. The van der Waals surface area contributed by atoms with Crippen LogP contribution in [-0.2, 0) is 0 Å². The second-order valence-electron chi connectivity index (χ2n) is 7.19. The lowest BCUT2D eigenvalue weighted by atomic mass is 9.43. The molecular formula is C8H22B5N. The largest absolute Gasteiger partial charge is 0.314 e. The zero-order chi connectivity index (χ0) is 11.4. The molecule has 1 heterocycles. The maximum Gasteiger partial charge on any atom is 0.122 e. The summed E-state index contributed by atoms with van der Waals surface area (Å²) < 4.78 is 0. The van der Waals surface area contributed by atoms with Gasteiger partial charge in [-0.15, -0.1) is 0 Å². The number of hydrogen-bond donors (Lipinski definition) is 0. The Morgan fingerprint density at radius 3 is 1.71 bits per heavy atom. The standard InChI is InChI=1S/C8H22B5N/c1-6(2,3)14-5(9)7(10,11)4-8(14,12)13/h5H,4,9-13H2,1-3H3. The van der Waals surface area contributed by atoms with Gasteiger partial charge in [0.25, 0.3) is 0 Å². The molecule has 1 nitrogen and oxygen atoms in total. The van der Waals surface area contributed by atoms with E-state index in [4.69, 9.17) is 0 Å². The zero-order valence-corrected chi connectivity index (χ0v) is 11.2. The lowest BCUT2D eigenvalue weighted by molar-refractivity contribution is 0.121. The Morgan fingerprint density at radius 2 is 1.57 bits per heavy atom. The number of rotatable bonds is 0. The SMILES string of the molecule is BC1N(C(C)(C)C)C(B)(B)CC1(B)B. The minimum atomic E-state index is 0.274. The molecule has 6 heteroatoms. The molecule has 0 radical (unpaired) electrons. The van der Waals surface area contributed by atoms with E-state index in [1.54, 1.807) is 0 Å². The minimum Gasteiger partial charge on any atom is -0.314 e. The molecule has 1 unspecified atom stereocenters. The molecule has 0 saturated carbocycles. The molecule has 1 aliphatic heterocycles. The van der Waals surface area contributed by atoms with Gasteiger partial charge in [-0.25, -0.2) is 0 Å². The molecule has 14 heavy (non-hydrogen) atoms. The first-order chi connectivity index (χ1) is 5.98. The van der Waals surface area contributed by atoms with Crippen LogP contribution in [0.4, 0.5) is 0 Å². The Hall–Kier alpha value is 0.285. The van der Waals surface area contributed by atoms with Crippen molar-refractivity contribution in [3.63, 3.8) is 0 Å². The highest BCUT2D eigenvalue weighted by molar-refractivity contribution is 6.48. The molecule has 1 fully saturated rings. The van der Waals surface area contributed by atoms with Gasteiger partial charge in [-0.1, -0.05) is 11.6 Å². The highest BCUT2D eigenvalue weighted by Gasteiger charge is 2.50. The summed E-state index contributed by atoms with van der Waals surface area (Å²) in [6.45, 7) is 6.98. The third kappa shape index (κ3) is 1.96. The highest BCUT2D eigenvalue weighted by atomic mass is 15.3. The normalized spacial score (nSPS) is 31.8. The van der Waals surface area contributed by atoms with Gasteiger partial charge in [-0.05, 0) is 32.1 Å². The predicted octanol–water partition coefficient (Wildman–Crippen LogP) is -3.25. The average molecular weight is 186 g/mol. The van der Waals surface area contributed by atoms with E-state index < -0.39 is 0 Å². The Kier molecular flexibility index (Phi) is 2.77. The Morgan fingerprint density at radius 1 is 1.14 bits per heavy atom. The first kappa shape index (κ1) is 12.4. The fourth-order valence-electron chi connectivity index (χ4n) is 3.71. The van der Waals surface area contributed by atoms with Crippen LogP contribution in [0.25, 0.3) is 0 Å². The molecule has 0 bridgehead atoms. The van der Waals surface area contributed by atoms with Crippen molar-refractivity contribution < 1.29 is 0 Å². The van der Waals surface area contributed by atoms with E-state index in [0.717, 1.165) is 0 Å². The van der Waals surface area contributed by atoms with Crippen molar-refractivity contribution in [1.29, 1.82) is 0 Å². The third-order valence-electron chi connectivity index (χ3n) is 3.78. The van der Waals surface area contributed by atoms with E-state index in [0.29, 0.717) is 16.5 Å². The van der Waals surface area contributed by atoms with Crippen LogP contribution in [0.3, 0.4) is 0 Å². The summed E-state index contributed by atoms with van der Waals surface area (Å²) in [5.41, 5.74) is 0.274. The molecule has 1 aliphatic rings. The second kappa shape index (κ2) is 3.14. The molecule has 0 N–H and O–H groups in total. The zero-order valence-electron chi connectivity index (χ0n) is 11.2. The Balaban J connectivity index is 3.06. The van der Waals surface area contributed by atoms with Crippen molar-refractivity contribution >= 4 is 39.2 Å². The quantitative estimate of drug-likeness (QED) is 0.359. The van der Waals surface area contributed by atoms with Crippen LogP contribution < -0.4 is 0 Å². The summed E-state index contributed by atoms with van der Waals surface area (Å²) in [4.78, 5) is 2.68. The fourth-order valence-corrected chi connectivity index (χ4v) is 3.71. The van der Waals surface area contributed by atoms with E-state index in [1.165, 1.54) is 6.42 Å². The van der Waals surface area contributed by atoms with Crippen LogP contribution in [-0.4, -0.2) is 60.9 Å². The topological polar surface area (TPSA) is 3.24 Å². The van der Waals surface area contributed by atoms with Gasteiger partial charge in [-0.3, -0.25) is 0 Å². The van der Waals surface area contributed by atoms with Crippen molar-refractivity contribution in [2.75, 3.05) is 0 Å². The Bertz CT molecular complexity index is 232. The van der Waals surface area contributed by atoms with Gasteiger partial charge >= 0.3 is 0 Å². The molecule has 0 aromatic heterocycles. The maximum absolute atomic E-state index is 2.68. The van der Waals surface area contributed by atoms with Crippen molar-refractivity contribution in [2.45, 2.75) is 49.2 Å². The second-order valence-corrected chi connectivity index (χ2v) is 7.19. The summed E-state index contributed by atoms with van der Waals surface area (Å²) >= 11 is 0. The van der Waals surface area contributed by atoms with Gasteiger partial charge in [-0.2, -0.15) is 0 Å². The molecule has 0 aromatic rings. The van der Waals surface area contributed by atoms with Gasteiger partial charge in [0, 0.05) is 5.54 Å². The van der Waals surface area contributed by atoms with Gasteiger partial charge < -0.3 is 4.90 Å². The van der Waals surface area contributed by atoms with Crippen LogP contribution >= 0.6 is 0 Å². The molecule has 0 spiro atoms. The number of hydrogen-bond acceptors (Lipinski definition) is 1. The van der Waals surface area contributed by atoms with Crippen LogP contribution in [0, 0.1) is 0 Å². The molecule has 74 valence electrons. The molecule has 0 aromatic carbocycles. The summed E-state index contributed by atoms with van der Waals surface area (Å²) in [7, 11) is 11.9. The van der Waals surface area contributed by atoms with Gasteiger partial charge in [0.05, 0.1) is 0 Å². The van der Waals surface area contributed by atoms with Crippen LogP contribution in [0.15, 0.2) is 0 Å². The van der Waals surface area contributed by atoms with E-state index >= 15 is 0 Å². The lowest BCUT2D eigenvalue weighted by Crippen LogP contribution is -2.58. The highest BCUT2D eigenvalue weighted by Crippen LogP contribution is 2.46. The van der Waals surface area contributed by atoms with Crippen molar-refractivity contribution in [2.24, 2.45) is 0 Å². The number of likely N-dealkylation sites (tertiary alicyclic amines) is 1. The van der Waals surface area contributed by atoms with Crippen LogP contribution in [0.1, 0.15) is 27.2 Å². The van der Waals surface area contributed by atoms with Crippen molar-refractivity contribution in [1.82, 2.24) is 4.90 Å². The summed E-state index contributed by atoms with van der Waals surface area (Å²) in [6, 6.07) is 0.